The van der Waals surface area contributed by atoms with Crippen LogP contribution in [0.3, 0.4) is 0 Å². The molecule has 0 aliphatic carbocycles. The Morgan fingerprint density at radius 2 is 1.78 bits per heavy atom. The molecule has 1 unspecified atom stereocenters. The van der Waals surface area contributed by atoms with Crippen LogP contribution in [-0.4, -0.2) is 0 Å². The van der Waals surface area contributed by atoms with Crippen molar-refractivity contribution in [2.45, 2.75) is 19.9 Å². The van der Waals surface area contributed by atoms with E-state index in [-0.39, 0.29) is 5.56 Å². The smallest absolute Gasteiger partial charge is 0.194 e. The predicted molar refractivity (Wildman–Crippen MR) is 66.1 cm³/mol. The van der Waals surface area contributed by atoms with Crippen molar-refractivity contribution in [3.05, 3.63) is 56.5 Å². The number of hydrogen-bond donors (Lipinski definition) is 1. The van der Waals surface area contributed by atoms with Crippen molar-refractivity contribution in [1.29, 1.82) is 0 Å². The molecule has 0 saturated heterocycles. The molecule has 2 rings (SSSR count). The van der Waals surface area contributed by atoms with Crippen LogP contribution in [0, 0.1) is 31.3 Å². The lowest BCUT2D eigenvalue weighted by molar-refractivity contribution is 0.439. The normalized spacial score (nSPS) is 12.8. The Morgan fingerprint density at radius 1 is 1.11 bits per heavy atom. The molecule has 1 heterocycles. The molecular formula is C13H12F3NS. The number of aryl methyl sites for hydroxylation is 2. The molecular weight excluding hydrogens is 259 g/mol. The fraction of sp³-hybridized carbons (Fsp3) is 0.231. The first-order chi connectivity index (χ1) is 8.41. The van der Waals surface area contributed by atoms with Crippen molar-refractivity contribution in [1.82, 2.24) is 0 Å². The number of benzene rings is 1. The van der Waals surface area contributed by atoms with E-state index >= 15 is 0 Å². The average molecular weight is 271 g/mol. The van der Waals surface area contributed by atoms with E-state index in [1.807, 2.05) is 19.9 Å². The maximum Gasteiger partial charge on any atom is 0.194 e. The lowest BCUT2D eigenvalue weighted by Crippen LogP contribution is -2.14. The Labute approximate surface area is 107 Å². The molecule has 0 aliphatic heterocycles. The highest BCUT2D eigenvalue weighted by Gasteiger charge is 2.21. The molecule has 5 heteroatoms. The van der Waals surface area contributed by atoms with Gasteiger partial charge in [0.2, 0.25) is 0 Å². The van der Waals surface area contributed by atoms with E-state index in [0.717, 1.165) is 21.4 Å². The Bertz CT molecular complexity index is 592. The largest absolute Gasteiger partial charge is 0.320 e. The fourth-order valence-corrected chi connectivity index (χ4v) is 2.95. The first-order valence-corrected chi connectivity index (χ1v) is 6.19. The third-order valence-electron chi connectivity index (χ3n) is 2.76. The van der Waals surface area contributed by atoms with E-state index in [1.54, 1.807) is 0 Å². The van der Waals surface area contributed by atoms with Gasteiger partial charge in [-0.05, 0) is 31.5 Å². The summed E-state index contributed by atoms with van der Waals surface area (Å²) in [7, 11) is 0. The Morgan fingerprint density at radius 3 is 2.33 bits per heavy atom. The van der Waals surface area contributed by atoms with Gasteiger partial charge in [0, 0.05) is 15.3 Å². The highest BCUT2D eigenvalue weighted by atomic mass is 32.1. The van der Waals surface area contributed by atoms with Crippen LogP contribution in [0.15, 0.2) is 18.2 Å². The van der Waals surface area contributed by atoms with E-state index in [9.17, 15) is 13.2 Å². The van der Waals surface area contributed by atoms with Crippen LogP contribution in [0.2, 0.25) is 0 Å². The van der Waals surface area contributed by atoms with Crippen LogP contribution in [0.1, 0.15) is 26.9 Å². The molecule has 1 nitrogen and oxygen atoms in total. The lowest BCUT2D eigenvalue weighted by Gasteiger charge is -2.13. The number of hydrogen-bond acceptors (Lipinski definition) is 2. The molecule has 0 saturated carbocycles. The molecule has 0 bridgehead atoms. The van der Waals surface area contributed by atoms with Crippen LogP contribution >= 0.6 is 11.3 Å². The molecule has 18 heavy (non-hydrogen) atoms. The second kappa shape index (κ2) is 4.74. The highest BCUT2D eigenvalue weighted by molar-refractivity contribution is 7.12. The van der Waals surface area contributed by atoms with E-state index in [2.05, 4.69) is 0 Å². The Balaban J connectivity index is 2.49. The van der Waals surface area contributed by atoms with Gasteiger partial charge in [-0.25, -0.2) is 13.2 Å². The van der Waals surface area contributed by atoms with Gasteiger partial charge in [-0.1, -0.05) is 6.07 Å². The predicted octanol–water partition coefficient (Wildman–Crippen LogP) is 3.83. The van der Waals surface area contributed by atoms with Gasteiger partial charge in [-0.2, -0.15) is 0 Å². The fourth-order valence-electron chi connectivity index (χ4n) is 1.89. The van der Waals surface area contributed by atoms with Gasteiger partial charge in [-0.3, -0.25) is 0 Å². The molecule has 0 radical (unpaired) electrons. The second-order valence-corrected chi connectivity index (χ2v) is 5.43. The summed E-state index contributed by atoms with van der Waals surface area (Å²) >= 11 is 1.43. The zero-order chi connectivity index (χ0) is 13.4. The number of halogens is 3. The zero-order valence-electron chi connectivity index (χ0n) is 9.93. The zero-order valence-corrected chi connectivity index (χ0v) is 10.7. The van der Waals surface area contributed by atoms with Gasteiger partial charge in [0.15, 0.2) is 17.5 Å². The third-order valence-corrected chi connectivity index (χ3v) is 4.00. The molecule has 0 fully saturated rings. The van der Waals surface area contributed by atoms with E-state index in [1.165, 1.54) is 17.4 Å². The minimum Gasteiger partial charge on any atom is -0.320 e. The summed E-state index contributed by atoms with van der Waals surface area (Å²) in [6, 6.07) is 3.23. The molecule has 1 aromatic carbocycles. The molecule has 1 aromatic heterocycles. The Hall–Kier alpha value is -1.33. The third kappa shape index (κ3) is 2.15. The summed E-state index contributed by atoms with van der Waals surface area (Å²) in [5.41, 5.74) is 6.83. The SMILES string of the molecule is Cc1cc(C)c(C(N)c2ccc(F)c(F)c2F)s1. The summed E-state index contributed by atoms with van der Waals surface area (Å²) in [5.74, 6) is -3.90. The molecule has 0 amide bonds. The van der Waals surface area contributed by atoms with Crippen molar-refractivity contribution >= 4 is 11.3 Å². The lowest BCUT2D eigenvalue weighted by atomic mass is 10.0. The summed E-state index contributed by atoms with van der Waals surface area (Å²) in [4.78, 5) is 1.80. The second-order valence-electron chi connectivity index (χ2n) is 4.15. The van der Waals surface area contributed by atoms with Crippen molar-refractivity contribution in [3.63, 3.8) is 0 Å². The van der Waals surface area contributed by atoms with Gasteiger partial charge in [0.05, 0.1) is 6.04 Å². The standard InChI is InChI=1S/C13H12F3NS/c1-6-5-7(2)18-13(6)12(17)8-3-4-9(14)11(16)10(8)15/h3-5,12H,17H2,1-2H3. The van der Waals surface area contributed by atoms with Crippen LogP contribution in [0.25, 0.3) is 0 Å². The number of thiophene rings is 1. The van der Waals surface area contributed by atoms with Gasteiger partial charge < -0.3 is 5.73 Å². The maximum atomic E-state index is 13.6. The van der Waals surface area contributed by atoms with Crippen LogP contribution in [0.5, 0.6) is 0 Å². The maximum absolute atomic E-state index is 13.6. The summed E-state index contributed by atoms with van der Waals surface area (Å²) in [6.45, 7) is 3.77. The first-order valence-electron chi connectivity index (χ1n) is 5.37. The first kappa shape index (κ1) is 13.1. The van der Waals surface area contributed by atoms with Crippen molar-refractivity contribution in [3.8, 4) is 0 Å². The van der Waals surface area contributed by atoms with Crippen LogP contribution in [0.4, 0.5) is 13.2 Å². The van der Waals surface area contributed by atoms with Crippen molar-refractivity contribution < 1.29 is 13.2 Å². The summed E-state index contributed by atoms with van der Waals surface area (Å²) in [6.07, 6.45) is 0. The molecule has 0 spiro atoms. The van der Waals surface area contributed by atoms with Crippen molar-refractivity contribution in [2.24, 2.45) is 5.73 Å². The number of nitrogens with two attached hydrogens (primary N) is 1. The summed E-state index contributed by atoms with van der Waals surface area (Å²) in [5, 5.41) is 0. The van der Waals surface area contributed by atoms with Crippen molar-refractivity contribution in [2.75, 3.05) is 0 Å². The molecule has 1 atom stereocenters. The number of rotatable bonds is 2. The monoisotopic (exact) mass is 271 g/mol. The van der Waals surface area contributed by atoms with Crippen LogP contribution < -0.4 is 5.73 Å². The highest BCUT2D eigenvalue weighted by Crippen LogP contribution is 2.32. The minimum atomic E-state index is -1.48. The van der Waals surface area contributed by atoms with E-state index < -0.39 is 23.5 Å². The summed E-state index contributed by atoms with van der Waals surface area (Å²) < 4.78 is 39.7. The Kier molecular flexibility index (Phi) is 3.45. The quantitative estimate of drug-likeness (QED) is 0.825. The van der Waals surface area contributed by atoms with E-state index in [4.69, 9.17) is 5.73 Å². The molecule has 96 valence electrons. The van der Waals surface area contributed by atoms with E-state index in [0.29, 0.717) is 0 Å². The molecule has 2 aromatic rings. The molecule has 2 N–H and O–H groups in total. The van der Waals surface area contributed by atoms with Gasteiger partial charge in [-0.15, -0.1) is 11.3 Å². The topological polar surface area (TPSA) is 26.0 Å². The van der Waals surface area contributed by atoms with Crippen LogP contribution in [-0.2, 0) is 0 Å². The minimum absolute atomic E-state index is 0.0288. The molecule has 0 aliphatic rings. The van der Waals surface area contributed by atoms with Gasteiger partial charge in [0.25, 0.3) is 0 Å². The van der Waals surface area contributed by atoms with Gasteiger partial charge in [0.1, 0.15) is 0 Å². The van der Waals surface area contributed by atoms with Gasteiger partial charge >= 0.3 is 0 Å². The average Bonchev–Trinajstić information content (AvgIpc) is 2.65.